The number of methoxy groups -OCH3 is 1. The van der Waals surface area contributed by atoms with Gasteiger partial charge in [0.25, 0.3) is 0 Å². The number of piperidine rings is 1. The van der Waals surface area contributed by atoms with Crippen LogP contribution in [-0.4, -0.2) is 31.9 Å². The first-order chi connectivity index (χ1) is 13.5. The Balaban J connectivity index is 1.63. The van der Waals surface area contributed by atoms with Gasteiger partial charge in [-0.25, -0.2) is 0 Å². The molecule has 1 aliphatic rings. The average molecular weight is 380 g/mol. The maximum Gasteiger partial charge on any atom is 0.228 e. The highest BCUT2D eigenvalue weighted by Gasteiger charge is 2.16. The molecular formula is C23H28N2O3. The Bertz CT molecular complexity index is 837. The summed E-state index contributed by atoms with van der Waals surface area (Å²) in [6.45, 7) is 5.98. The number of rotatable bonds is 6. The quantitative estimate of drug-likeness (QED) is 0.759. The molecule has 1 fully saturated rings. The lowest BCUT2D eigenvalue weighted by Gasteiger charge is -2.32. The van der Waals surface area contributed by atoms with Crippen LogP contribution in [0.1, 0.15) is 42.6 Å². The van der Waals surface area contributed by atoms with Crippen molar-refractivity contribution in [1.82, 2.24) is 0 Å². The second-order valence-corrected chi connectivity index (χ2v) is 7.52. The summed E-state index contributed by atoms with van der Waals surface area (Å²) in [6.07, 6.45) is 2.59. The van der Waals surface area contributed by atoms with Gasteiger partial charge in [-0.2, -0.15) is 0 Å². The Morgan fingerprint density at radius 3 is 2.39 bits per heavy atom. The molecule has 3 rings (SSSR count). The molecule has 0 saturated carbocycles. The topological polar surface area (TPSA) is 58.6 Å². The number of benzene rings is 2. The number of amides is 1. The van der Waals surface area contributed by atoms with E-state index in [4.69, 9.17) is 4.74 Å². The molecule has 0 aliphatic carbocycles. The van der Waals surface area contributed by atoms with Crippen molar-refractivity contribution in [3.63, 3.8) is 0 Å². The Labute approximate surface area is 166 Å². The number of ketones is 1. The molecule has 1 saturated heterocycles. The van der Waals surface area contributed by atoms with Gasteiger partial charge in [0.15, 0.2) is 5.78 Å². The highest BCUT2D eigenvalue weighted by atomic mass is 16.5. The van der Waals surface area contributed by atoms with Crippen molar-refractivity contribution in [2.24, 2.45) is 5.92 Å². The number of hydrogen-bond donors (Lipinski definition) is 1. The van der Waals surface area contributed by atoms with E-state index in [1.54, 1.807) is 25.3 Å². The maximum atomic E-state index is 12.5. The van der Waals surface area contributed by atoms with E-state index >= 15 is 0 Å². The number of hydrogen-bond acceptors (Lipinski definition) is 4. The molecule has 0 radical (unpaired) electrons. The van der Waals surface area contributed by atoms with Crippen LogP contribution >= 0.6 is 0 Å². The van der Waals surface area contributed by atoms with Crippen LogP contribution in [0.25, 0.3) is 0 Å². The molecule has 0 atom stereocenters. The Morgan fingerprint density at radius 1 is 1.11 bits per heavy atom. The summed E-state index contributed by atoms with van der Waals surface area (Å²) in [7, 11) is 1.56. The zero-order valence-corrected chi connectivity index (χ0v) is 16.8. The smallest absolute Gasteiger partial charge is 0.228 e. The number of anilines is 2. The highest BCUT2D eigenvalue weighted by Crippen LogP contribution is 2.25. The Morgan fingerprint density at radius 2 is 1.79 bits per heavy atom. The molecule has 5 nitrogen and oxygen atoms in total. The molecule has 5 heteroatoms. The van der Waals surface area contributed by atoms with Crippen LogP contribution in [0, 0.1) is 5.92 Å². The van der Waals surface area contributed by atoms with Gasteiger partial charge in [-0.15, -0.1) is 0 Å². The van der Waals surface area contributed by atoms with E-state index in [1.807, 2.05) is 12.1 Å². The third-order valence-corrected chi connectivity index (χ3v) is 5.34. The molecule has 1 N–H and O–H groups in total. The van der Waals surface area contributed by atoms with Crippen LogP contribution in [0.5, 0.6) is 5.75 Å². The van der Waals surface area contributed by atoms with E-state index in [2.05, 4.69) is 29.3 Å². The fourth-order valence-electron chi connectivity index (χ4n) is 3.54. The Hall–Kier alpha value is -2.82. The van der Waals surface area contributed by atoms with E-state index < -0.39 is 0 Å². The molecule has 2 aromatic rings. The third-order valence-electron chi connectivity index (χ3n) is 5.34. The summed E-state index contributed by atoms with van der Waals surface area (Å²) < 4.78 is 5.32. The molecule has 0 bridgehead atoms. The summed E-state index contributed by atoms with van der Waals surface area (Å²) >= 11 is 0. The van der Waals surface area contributed by atoms with Gasteiger partial charge in [-0.1, -0.05) is 6.92 Å². The van der Waals surface area contributed by atoms with Crippen LogP contribution < -0.4 is 15.0 Å². The van der Waals surface area contributed by atoms with Crippen molar-refractivity contribution in [1.29, 1.82) is 0 Å². The zero-order valence-electron chi connectivity index (χ0n) is 16.8. The van der Waals surface area contributed by atoms with Crippen molar-refractivity contribution >= 4 is 23.1 Å². The van der Waals surface area contributed by atoms with Crippen molar-refractivity contribution < 1.29 is 14.3 Å². The van der Waals surface area contributed by atoms with Gasteiger partial charge >= 0.3 is 0 Å². The zero-order chi connectivity index (χ0) is 20.1. The first-order valence-electron chi connectivity index (χ1n) is 9.79. The van der Waals surface area contributed by atoms with Gasteiger partial charge < -0.3 is 15.0 Å². The number of ether oxygens (including phenoxy) is 1. The van der Waals surface area contributed by atoms with E-state index in [-0.39, 0.29) is 18.1 Å². The van der Waals surface area contributed by atoms with Crippen LogP contribution in [0.3, 0.4) is 0 Å². The Kier molecular flexibility index (Phi) is 6.34. The number of carbonyl (C=O) groups is 2. The van der Waals surface area contributed by atoms with Crippen molar-refractivity contribution in [2.45, 2.75) is 33.1 Å². The lowest BCUT2D eigenvalue weighted by molar-refractivity contribution is -0.115. The summed E-state index contributed by atoms with van der Waals surface area (Å²) in [5.41, 5.74) is 3.23. The molecule has 0 spiro atoms. The monoisotopic (exact) mass is 380 g/mol. The predicted octanol–water partition coefficient (Wildman–Crippen LogP) is 4.32. The highest BCUT2D eigenvalue weighted by molar-refractivity contribution is 5.96. The number of nitrogens with one attached hydrogen (secondary N) is 1. The summed E-state index contributed by atoms with van der Waals surface area (Å²) in [5.74, 6) is 1.23. The molecule has 2 aromatic carbocycles. The minimum absolute atomic E-state index is 0.0352. The summed E-state index contributed by atoms with van der Waals surface area (Å²) in [6, 6.07) is 13.2. The van der Waals surface area contributed by atoms with Gasteiger partial charge in [0.05, 0.1) is 13.5 Å². The third kappa shape index (κ3) is 4.91. The fourth-order valence-corrected chi connectivity index (χ4v) is 3.54. The lowest BCUT2D eigenvalue weighted by atomic mass is 9.99. The van der Waals surface area contributed by atoms with Crippen LogP contribution in [0.4, 0.5) is 11.4 Å². The second-order valence-electron chi connectivity index (χ2n) is 7.52. The molecule has 28 heavy (non-hydrogen) atoms. The number of carbonyl (C=O) groups excluding carboxylic acids is 2. The average Bonchev–Trinajstić information content (AvgIpc) is 2.69. The molecule has 148 valence electrons. The largest absolute Gasteiger partial charge is 0.496 e. The van der Waals surface area contributed by atoms with Gasteiger partial charge in [0.2, 0.25) is 5.91 Å². The van der Waals surface area contributed by atoms with E-state index in [9.17, 15) is 9.59 Å². The SMILES string of the molecule is COc1ccc(C(C)=O)cc1CC(=O)Nc1ccc(N2CCC(C)CC2)cc1. The molecule has 0 unspecified atom stereocenters. The fraction of sp³-hybridized carbons (Fsp3) is 0.391. The first kappa shape index (κ1) is 19.9. The minimum atomic E-state index is -0.140. The summed E-state index contributed by atoms with van der Waals surface area (Å²) in [4.78, 5) is 26.5. The van der Waals surface area contributed by atoms with Crippen LogP contribution in [0.15, 0.2) is 42.5 Å². The second kappa shape index (κ2) is 8.91. The maximum absolute atomic E-state index is 12.5. The van der Waals surface area contributed by atoms with Crippen molar-refractivity contribution in [3.8, 4) is 5.75 Å². The van der Waals surface area contributed by atoms with Gasteiger partial charge in [0.1, 0.15) is 5.75 Å². The lowest BCUT2D eigenvalue weighted by Crippen LogP contribution is -2.32. The normalized spacial score (nSPS) is 14.6. The van der Waals surface area contributed by atoms with Gasteiger partial charge in [-0.3, -0.25) is 9.59 Å². The molecule has 1 aliphatic heterocycles. The van der Waals surface area contributed by atoms with Gasteiger partial charge in [-0.05, 0) is 68.1 Å². The van der Waals surface area contributed by atoms with Crippen LogP contribution in [0.2, 0.25) is 0 Å². The summed E-state index contributed by atoms with van der Waals surface area (Å²) in [5, 5.41) is 2.93. The van der Waals surface area contributed by atoms with Gasteiger partial charge in [0, 0.05) is 35.6 Å². The predicted molar refractivity (Wildman–Crippen MR) is 112 cm³/mol. The first-order valence-corrected chi connectivity index (χ1v) is 9.79. The van der Waals surface area contributed by atoms with Crippen LogP contribution in [-0.2, 0) is 11.2 Å². The number of Topliss-reactive ketones (excluding diaryl/α,β-unsaturated/α-hetero) is 1. The molecule has 0 aromatic heterocycles. The molecule has 1 heterocycles. The van der Waals surface area contributed by atoms with E-state index in [0.29, 0.717) is 16.9 Å². The standard InChI is InChI=1S/C23H28N2O3/c1-16-10-12-25(13-11-16)21-7-5-20(6-8-21)24-23(27)15-19-14-18(17(2)26)4-9-22(19)28-3/h4-9,14,16H,10-13,15H2,1-3H3,(H,24,27). The molecule has 1 amide bonds. The van der Waals surface area contributed by atoms with Crippen molar-refractivity contribution in [3.05, 3.63) is 53.6 Å². The molecular weight excluding hydrogens is 352 g/mol. The van der Waals surface area contributed by atoms with Crippen molar-refractivity contribution in [2.75, 3.05) is 30.4 Å². The van der Waals surface area contributed by atoms with E-state index in [0.717, 1.165) is 24.7 Å². The number of nitrogens with zero attached hydrogens (tertiary/aromatic N) is 1. The van der Waals surface area contributed by atoms with E-state index in [1.165, 1.54) is 25.5 Å². The minimum Gasteiger partial charge on any atom is -0.496 e.